The van der Waals surface area contributed by atoms with Crippen molar-refractivity contribution in [1.82, 2.24) is 10.3 Å². The summed E-state index contributed by atoms with van der Waals surface area (Å²) in [6.45, 7) is 2.31. The van der Waals surface area contributed by atoms with Crippen LogP contribution in [0.4, 0.5) is 8.78 Å². The highest BCUT2D eigenvalue weighted by Gasteiger charge is 2.15. The van der Waals surface area contributed by atoms with E-state index in [4.69, 9.17) is 0 Å². The normalized spacial score (nSPS) is 12.7. The van der Waals surface area contributed by atoms with Crippen LogP contribution in [0.3, 0.4) is 0 Å². The minimum atomic E-state index is -0.518. The predicted octanol–water partition coefficient (Wildman–Crippen LogP) is 4.30. The van der Waals surface area contributed by atoms with Crippen molar-refractivity contribution in [3.8, 4) is 0 Å². The summed E-state index contributed by atoms with van der Waals surface area (Å²) in [6, 6.07) is 11.6. The van der Waals surface area contributed by atoms with Crippen LogP contribution in [-0.4, -0.2) is 4.98 Å². The lowest BCUT2D eigenvalue weighted by molar-refractivity contribution is 0.487. The van der Waals surface area contributed by atoms with Crippen LogP contribution in [0, 0.1) is 11.6 Å². The second kappa shape index (κ2) is 5.66. The first-order chi connectivity index (χ1) is 10.1. The molecule has 0 amide bonds. The number of aromatic amines is 1. The zero-order chi connectivity index (χ0) is 14.8. The number of H-pyrrole nitrogens is 1. The minimum Gasteiger partial charge on any atom is -0.361 e. The fourth-order valence-electron chi connectivity index (χ4n) is 2.51. The molecule has 1 unspecified atom stereocenters. The molecular weight excluding hydrogens is 270 g/mol. The van der Waals surface area contributed by atoms with E-state index in [2.05, 4.69) is 16.4 Å². The van der Waals surface area contributed by atoms with Gasteiger partial charge in [-0.25, -0.2) is 8.78 Å². The Morgan fingerprint density at radius 3 is 2.62 bits per heavy atom. The van der Waals surface area contributed by atoms with Gasteiger partial charge in [0.05, 0.1) is 0 Å². The Bertz CT molecular complexity index is 744. The molecule has 4 heteroatoms. The lowest BCUT2D eigenvalue weighted by Crippen LogP contribution is -2.20. The molecule has 0 saturated heterocycles. The van der Waals surface area contributed by atoms with Crippen LogP contribution in [0.25, 0.3) is 10.9 Å². The molecule has 1 heterocycles. The van der Waals surface area contributed by atoms with Gasteiger partial charge >= 0.3 is 0 Å². The summed E-state index contributed by atoms with van der Waals surface area (Å²) in [5, 5.41) is 4.29. The fourth-order valence-corrected chi connectivity index (χ4v) is 2.51. The van der Waals surface area contributed by atoms with E-state index in [1.807, 2.05) is 24.4 Å². The smallest absolute Gasteiger partial charge is 0.130 e. The molecule has 0 aliphatic carbocycles. The predicted molar refractivity (Wildman–Crippen MR) is 79.9 cm³/mol. The molecule has 2 nitrogen and oxygen atoms in total. The van der Waals surface area contributed by atoms with Crippen LogP contribution in [0.1, 0.15) is 24.1 Å². The molecule has 0 aliphatic heterocycles. The third-order valence-corrected chi connectivity index (χ3v) is 3.66. The summed E-state index contributed by atoms with van der Waals surface area (Å²) in [5.74, 6) is -1.04. The average molecular weight is 286 g/mol. The summed E-state index contributed by atoms with van der Waals surface area (Å²) in [6.07, 6.45) is 1.89. The Hall–Kier alpha value is -2.20. The molecule has 2 N–H and O–H groups in total. The highest BCUT2D eigenvalue weighted by atomic mass is 19.1. The second-order valence-electron chi connectivity index (χ2n) is 5.14. The Morgan fingerprint density at radius 1 is 1.10 bits per heavy atom. The van der Waals surface area contributed by atoms with E-state index < -0.39 is 17.7 Å². The van der Waals surface area contributed by atoms with Gasteiger partial charge in [0, 0.05) is 29.9 Å². The Kier molecular flexibility index (Phi) is 3.71. The summed E-state index contributed by atoms with van der Waals surface area (Å²) in [7, 11) is 0. The molecule has 0 aliphatic rings. The summed E-state index contributed by atoms with van der Waals surface area (Å²) >= 11 is 0. The first kappa shape index (κ1) is 13.8. The van der Waals surface area contributed by atoms with Crippen molar-refractivity contribution in [2.24, 2.45) is 0 Å². The van der Waals surface area contributed by atoms with E-state index in [9.17, 15) is 8.78 Å². The third kappa shape index (κ3) is 2.81. The van der Waals surface area contributed by atoms with Crippen molar-refractivity contribution in [3.05, 3.63) is 71.4 Å². The maximum atomic E-state index is 13.7. The molecule has 0 radical (unpaired) electrons. The molecule has 3 aromatic rings. The lowest BCUT2D eigenvalue weighted by Gasteiger charge is -2.16. The van der Waals surface area contributed by atoms with Crippen molar-refractivity contribution in [2.45, 2.75) is 19.5 Å². The van der Waals surface area contributed by atoms with Gasteiger partial charge in [0.25, 0.3) is 0 Å². The van der Waals surface area contributed by atoms with Gasteiger partial charge in [-0.1, -0.05) is 12.1 Å². The van der Waals surface area contributed by atoms with Crippen molar-refractivity contribution in [1.29, 1.82) is 0 Å². The molecular formula is C17H16F2N2. The fraction of sp³-hybridized carbons (Fsp3) is 0.176. The maximum Gasteiger partial charge on any atom is 0.130 e. The molecule has 0 bridgehead atoms. The van der Waals surface area contributed by atoms with E-state index in [0.29, 0.717) is 6.54 Å². The number of fused-ring (bicyclic) bond motifs is 1. The van der Waals surface area contributed by atoms with Crippen molar-refractivity contribution < 1.29 is 8.78 Å². The maximum absolute atomic E-state index is 13.7. The number of rotatable bonds is 4. The standard InChI is InChI=1S/C17H16F2N2/c1-11(17-14(18)3-2-4-15(17)19)21-10-12-5-6-16-13(9-12)7-8-20-16/h2-9,11,20-21H,10H2,1H3. The Balaban J connectivity index is 1.74. The average Bonchev–Trinajstić information content (AvgIpc) is 2.92. The molecule has 1 aromatic heterocycles. The molecule has 108 valence electrons. The van der Waals surface area contributed by atoms with Crippen LogP contribution in [0.15, 0.2) is 48.7 Å². The van der Waals surface area contributed by atoms with E-state index >= 15 is 0 Å². The highest BCUT2D eigenvalue weighted by Crippen LogP contribution is 2.21. The van der Waals surface area contributed by atoms with Gasteiger partial charge in [-0.15, -0.1) is 0 Å². The number of aromatic nitrogens is 1. The van der Waals surface area contributed by atoms with Gasteiger partial charge < -0.3 is 10.3 Å². The number of halogens is 2. The molecule has 0 spiro atoms. The van der Waals surface area contributed by atoms with Gasteiger partial charge in [0.2, 0.25) is 0 Å². The minimum absolute atomic E-state index is 0.0835. The highest BCUT2D eigenvalue weighted by molar-refractivity contribution is 5.79. The quantitative estimate of drug-likeness (QED) is 0.735. The molecule has 3 rings (SSSR count). The van der Waals surface area contributed by atoms with Gasteiger partial charge in [0.1, 0.15) is 11.6 Å². The second-order valence-corrected chi connectivity index (χ2v) is 5.14. The SMILES string of the molecule is CC(NCc1ccc2[nH]ccc2c1)c1c(F)cccc1F. The first-order valence-electron chi connectivity index (χ1n) is 6.88. The number of hydrogen-bond acceptors (Lipinski definition) is 1. The Morgan fingerprint density at radius 2 is 1.86 bits per heavy atom. The van der Waals surface area contributed by atoms with Gasteiger partial charge in [-0.05, 0) is 48.2 Å². The number of hydrogen-bond donors (Lipinski definition) is 2. The van der Waals surface area contributed by atoms with Crippen LogP contribution in [0.5, 0.6) is 0 Å². The molecule has 2 aromatic carbocycles. The zero-order valence-electron chi connectivity index (χ0n) is 11.7. The summed E-state index contributed by atoms with van der Waals surface area (Å²) < 4.78 is 27.4. The van der Waals surface area contributed by atoms with Crippen molar-refractivity contribution in [2.75, 3.05) is 0 Å². The molecule has 21 heavy (non-hydrogen) atoms. The van der Waals surface area contributed by atoms with Crippen LogP contribution in [0.2, 0.25) is 0 Å². The van der Waals surface area contributed by atoms with E-state index in [-0.39, 0.29) is 5.56 Å². The molecule has 0 fully saturated rings. The van der Waals surface area contributed by atoms with Gasteiger partial charge in [-0.3, -0.25) is 0 Å². The van der Waals surface area contributed by atoms with Crippen molar-refractivity contribution in [3.63, 3.8) is 0 Å². The van der Waals surface area contributed by atoms with Gasteiger partial charge in [0.15, 0.2) is 0 Å². The van der Waals surface area contributed by atoms with Crippen LogP contribution in [-0.2, 0) is 6.54 Å². The topological polar surface area (TPSA) is 27.8 Å². The van der Waals surface area contributed by atoms with E-state index in [1.54, 1.807) is 6.92 Å². The molecule has 1 atom stereocenters. The summed E-state index contributed by atoms with van der Waals surface area (Å²) in [4.78, 5) is 3.13. The number of benzene rings is 2. The van der Waals surface area contributed by atoms with Gasteiger partial charge in [-0.2, -0.15) is 0 Å². The first-order valence-corrected chi connectivity index (χ1v) is 6.88. The summed E-state index contributed by atoms with van der Waals surface area (Å²) in [5.41, 5.74) is 2.23. The zero-order valence-corrected chi connectivity index (χ0v) is 11.7. The lowest BCUT2D eigenvalue weighted by atomic mass is 10.1. The largest absolute Gasteiger partial charge is 0.361 e. The Labute approximate surface area is 121 Å². The third-order valence-electron chi connectivity index (χ3n) is 3.66. The van der Waals surface area contributed by atoms with Crippen LogP contribution >= 0.6 is 0 Å². The van der Waals surface area contributed by atoms with Crippen LogP contribution < -0.4 is 5.32 Å². The number of nitrogens with one attached hydrogen (secondary N) is 2. The molecule has 0 saturated carbocycles. The van der Waals surface area contributed by atoms with Crippen molar-refractivity contribution >= 4 is 10.9 Å². The van der Waals surface area contributed by atoms with E-state index in [1.165, 1.54) is 18.2 Å². The van der Waals surface area contributed by atoms with E-state index in [0.717, 1.165) is 16.5 Å². The monoisotopic (exact) mass is 286 g/mol.